The highest BCUT2D eigenvalue weighted by atomic mass is 35.5. The molecule has 0 aliphatic heterocycles. The van der Waals surface area contributed by atoms with Crippen LogP contribution in [0.1, 0.15) is 41.6 Å². The number of alkyl halides is 1. The molecule has 1 saturated carbocycles. The molecular weight excluding hydrogens is 258 g/mol. The van der Waals surface area contributed by atoms with Gasteiger partial charge in [0.2, 0.25) is 0 Å². The summed E-state index contributed by atoms with van der Waals surface area (Å²) in [7, 11) is 0. The number of halogens is 1. The smallest absolute Gasteiger partial charge is 0.251 e. The van der Waals surface area contributed by atoms with Gasteiger partial charge in [-0.2, -0.15) is 0 Å². The van der Waals surface area contributed by atoms with Crippen LogP contribution in [0, 0.1) is 18.8 Å². The molecule has 1 fully saturated rings. The van der Waals surface area contributed by atoms with Gasteiger partial charge in [0.15, 0.2) is 0 Å². The summed E-state index contributed by atoms with van der Waals surface area (Å²) in [6.07, 6.45) is 4.93. The van der Waals surface area contributed by atoms with Gasteiger partial charge in [0.05, 0.1) is 0 Å². The first kappa shape index (κ1) is 14.4. The fourth-order valence-electron chi connectivity index (χ4n) is 2.79. The van der Waals surface area contributed by atoms with Crippen molar-refractivity contribution in [3.05, 3.63) is 35.4 Å². The second-order valence-electron chi connectivity index (χ2n) is 5.53. The van der Waals surface area contributed by atoms with E-state index in [0.717, 1.165) is 12.1 Å². The average molecular weight is 280 g/mol. The number of aryl methyl sites for hydroxylation is 1. The SMILES string of the molecule is Cc1ccc(C(=O)NCC2CCCCC2CCl)cc1. The van der Waals surface area contributed by atoms with Gasteiger partial charge in [-0.15, -0.1) is 11.6 Å². The Labute approximate surface area is 120 Å². The van der Waals surface area contributed by atoms with Gasteiger partial charge in [-0.05, 0) is 43.7 Å². The normalized spacial score (nSPS) is 23.1. The van der Waals surface area contributed by atoms with Gasteiger partial charge in [0.25, 0.3) is 5.91 Å². The highest BCUT2D eigenvalue weighted by Crippen LogP contribution is 2.30. The molecule has 0 radical (unpaired) electrons. The van der Waals surface area contributed by atoms with Crippen LogP contribution in [0.3, 0.4) is 0 Å². The zero-order chi connectivity index (χ0) is 13.7. The van der Waals surface area contributed by atoms with Crippen LogP contribution in [0.5, 0.6) is 0 Å². The molecule has 2 unspecified atom stereocenters. The van der Waals surface area contributed by atoms with Crippen molar-refractivity contribution in [1.29, 1.82) is 0 Å². The Morgan fingerprint density at radius 3 is 2.47 bits per heavy atom. The molecule has 0 bridgehead atoms. The first-order valence-electron chi connectivity index (χ1n) is 7.11. The molecule has 1 aliphatic carbocycles. The third-order valence-corrected chi connectivity index (χ3v) is 4.50. The number of carbonyl (C=O) groups excluding carboxylic acids is 1. The molecule has 1 aliphatic rings. The van der Waals surface area contributed by atoms with E-state index in [2.05, 4.69) is 5.32 Å². The first-order chi connectivity index (χ1) is 9.20. The van der Waals surface area contributed by atoms with Crippen LogP contribution in [0.2, 0.25) is 0 Å². The molecule has 0 heterocycles. The minimum Gasteiger partial charge on any atom is -0.352 e. The van der Waals surface area contributed by atoms with Gasteiger partial charge in [0.1, 0.15) is 0 Å². The van der Waals surface area contributed by atoms with Crippen molar-refractivity contribution < 1.29 is 4.79 Å². The van der Waals surface area contributed by atoms with Crippen LogP contribution in [0.15, 0.2) is 24.3 Å². The molecule has 1 aromatic carbocycles. The molecule has 3 heteroatoms. The molecule has 104 valence electrons. The van der Waals surface area contributed by atoms with Crippen LogP contribution < -0.4 is 5.32 Å². The lowest BCUT2D eigenvalue weighted by Gasteiger charge is -2.30. The fourth-order valence-corrected chi connectivity index (χ4v) is 3.19. The summed E-state index contributed by atoms with van der Waals surface area (Å²) in [5.41, 5.74) is 1.91. The molecule has 2 nitrogen and oxygen atoms in total. The number of benzene rings is 1. The summed E-state index contributed by atoms with van der Waals surface area (Å²) in [6.45, 7) is 2.78. The van der Waals surface area contributed by atoms with E-state index >= 15 is 0 Å². The lowest BCUT2D eigenvalue weighted by Crippen LogP contribution is -2.34. The summed E-state index contributed by atoms with van der Waals surface area (Å²) in [6, 6.07) is 7.70. The van der Waals surface area contributed by atoms with Crippen molar-refractivity contribution in [1.82, 2.24) is 5.32 Å². The molecule has 0 spiro atoms. The van der Waals surface area contributed by atoms with E-state index in [4.69, 9.17) is 11.6 Å². The Bertz CT molecular complexity index is 415. The number of hydrogen-bond donors (Lipinski definition) is 1. The molecule has 2 rings (SSSR count). The number of nitrogens with one attached hydrogen (secondary N) is 1. The lowest BCUT2D eigenvalue weighted by atomic mass is 9.80. The zero-order valence-electron chi connectivity index (χ0n) is 11.5. The largest absolute Gasteiger partial charge is 0.352 e. The highest BCUT2D eigenvalue weighted by Gasteiger charge is 2.24. The molecule has 1 aromatic rings. The van der Waals surface area contributed by atoms with Crippen molar-refractivity contribution in [3.63, 3.8) is 0 Å². The van der Waals surface area contributed by atoms with E-state index in [1.165, 1.54) is 31.2 Å². The maximum Gasteiger partial charge on any atom is 0.251 e. The lowest BCUT2D eigenvalue weighted by molar-refractivity contribution is 0.0936. The quantitative estimate of drug-likeness (QED) is 0.835. The second kappa shape index (κ2) is 6.95. The van der Waals surface area contributed by atoms with Crippen molar-refractivity contribution in [2.24, 2.45) is 11.8 Å². The first-order valence-corrected chi connectivity index (χ1v) is 7.65. The van der Waals surface area contributed by atoms with Crippen LogP contribution >= 0.6 is 11.6 Å². The van der Waals surface area contributed by atoms with Crippen molar-refractivity contribution in [2.75, 3.05) is 12.4 Å². The molecule has 1 N–H and O–H groups in total. The predicted octanol–water partition coefficient (Wildman–Crippen LogP) is 3.77. The van der Waals surface area contributed by atoms with E-state index in [-0.39, 0.29) is 5.91 Å². The van der Waals surface area contributed by atoms with Gasteiger partial charge in [-0.25, -0.2) is 0 Å². The van der Waals surface area contributed by atoms with Gasteiger partial charge in [-0.3, -0.25) is 4.79 Å². The Hall–Kier alpha value is -1.02. The second-order valence-corrected chi connectivity index (χ2v) is 5.84. The van der Waals surface area contributed by atoms with E-state index < -0.39 is 0 Å². The van der Waals surface area contributed by atoms with Gasteiger partial charge in [0, 0.05) is 18.0 Å². The standard InChI is InChI=1S/C16H22ClNO/c1-12-6-8-13(9-7-12)16(19)18-11-15-5-3-2-4-14(15)10-17/h6-9,14-15H,2-5,10-11H2,1H3,(H,18,19). The monoisotopic (exact) mass is 279 g/mol. The van der Waals surface area contributed by atoms with Crippen LogP contribution in [-0.4, -0.2) is 18.3 Å². The summed E-state index contributed by atoms with van der Waals surface area (Å²) >= 11 is 6.01. The predicted molar refractivity (Wildman–Crippen MR) is 79.7 cm³/mol. The van der Waals surface area contributed by atoms with E-state index in [1.54, 1.807) is 0 Å². The number of amides is 1. The van der Waals surface area contributed by atoms with Gasteiger partial charge < -0.3 is 5.32 Å². The number of hydrogen-bond acceptors (Lipinski definition) is 1. The maximum absolute atomic E-state index is 12.0. The Morgan fingerprint density at radius 2 is 1.84 bits per heavy atom. The fraction of sp³-hybridized carbons (Fsp3) is 0.562. The Morgan fingerprint density at radius 1 is 1.21 bits per heavy atom. The van der Waals surface area contributed by atoms with E-state index in [0.29, 0.717) is 17.7 Å². The Kier molecular flexibility index (Phi) is 5.26. The Balaban J connectivity index is 1.87. The number of carbonyl (C=O) groups is 1. The van der Waals surface area contributed by atoms with Gasteiger partial charge in [-0.1, -0.05) is 30.5 Å². The molecule has 0 saturated heterocycles. The summed E-state index contributed by atoms with van der Waals surface area (Å²) in [5.74, 6) is 1.85. The zero-order valence-corrected chi connectivity index (χ0v) is 12.2. The summed E-state index contributed by atoms with van der Waals surface area (Å²) in [5, 5.41) is 3.05. The van der Waals surface area contributed by atoms with Crippen LogP contribution in [-0.2, 0) is 0 Å². The van der Waals surface area contributed by atoms with Crippen molar-refractivity contribution in [2.45, 2.75) is 32.6 Å². The molecule has 0 aromatic heterocycles. The van der Waals surface area contributed by atoms with Crippen molar-refractivity contribution >= 4 is 17.5 Å². The van der Waals surface area contributed by atoms with E-state index in [9.17, 15) is 4.79 Å². The minimum atomic E-state index is 0.0268. The molecule has 19 heavy (non-hydrogen) atoms. The molecule has 1 amide bonds. The molecule has 2 atom stereocenters. The topological polar surface area (TPSA) is 29.1 Å². The summed E-state index contributed by atoms with van der Waals surface area (Å²) in [4.78, 5) is 12.0. The van der Waals surface area contributed by atoms with Gasteiger partial charge >= 0.3 is 0 Å². The third-order valence-electron chi connectivity index (χ3n) is 4.10. The highest BCUT2D eigenvalue weighted by molar-refractivity contribution is 6.18. The molecular formula is C16H22ClNO. The van der Waals surface area contributed by atoms with Crippen LogP contribution in [0.25, 0.3) is 0 Å². The van der Waals surface area contributed by atoms with E-state index in [1.807, 2.05) is 31.2 Å². The average Bonchev–Trinajstić information content (AvgIpc) is 2.45. The minimum absolute atomic E-state index is 0.0268. The number of rotatable bonds is 4. The maximum atomic E-state index is 12.0. The third kappa shape index (κ3) is 3.97. The summed E-state index contributed by atoms with van der Waals surface area (Å²) < 4.78 is 0. The van der Waals surface area contributed by atoms with Crippen molar-refractivity contribution in [3.8, 4) is 0 Å². The van der Waals surface area contributed by atoms with Crippen LogP contribution in [0.4, 0.5) is 0 Å².